The third-order valence-corrected chi connectivity index (χ3v) is 9.35. The molecule has 0 saturated carbocycles. The topological polar surface area (TPSA) is 25.3 Å². The molecule has 0 spiro atoms. The average Bonchev–Trinajstić information content (AvgIpc) is 3.24. The Bertz CT molecular complexity index is 1230. The van der Waals surface area contributed by atoms with Gasteiger partial charge in [-0.25, -0.2) is 4.70 Å². The fraction of sp³-hybridized carbons (Fsp3) is 0.610. The molecule has 0 amide bonds. The van der Waals surface area contributed by atoms with Gasteiger partial charge in [-0.05, 0) is 129 Å². The molecule has 1 heterocycles. The highest BCUT2D eigenvalue weighted by Crippen LogP contribution is 2.44. The van der Waals surface area contributed by atoms with E-state index >= 15 is 0 Å². The first-order valence-corrected chi connectivity index (χ1v) is 18.1. The Morgan fingerprint density at radius 2 is 0.814 bits per heavy atom. The molecular formula is C41H62N2. The summed E-state index contributed by atoms with van der Waals surface area (Å²) in [4.78, 5) is 0. The van der Waals surface area contributed by atoms with Crippen molar-refractivity contribution >= 4 is 11.4 Å². The summed E-state index contributed by atoms with van der Waals surface area (Å²) in [6.45, 7) is 18.3. The van der Waals surface area contributed by atoms with Crippen LogP contribution in [-0.4, -0.2) is 4.70 Å². The molecule has 0 atom stereocenters. The summed E-state index contributed by atoms with van der Waals surface area (Å²) >= 11 is 0. The molecule has 2 aromatic rings. The quantitative estimate of drug-likeness (QED) is 0.147. The molecule has 0 aliphatic carbocycles. The predicted molar refractivity (Wildman–Crippen MR) is 189 cm³/mol. The van der Waals surface area contributed by atoms with Crippen LogP contribution in [0.1, 0.15) is 171 Å². The lowest BCUT2D eigenvalue weighted by atomic mass is 9.87. The molecule has 0 saturated heterocycles. The molecule has 1 aliphatic rings. The highest BCUT2D eigenvalue weighted by Gasteiger charge is 2.34. The van der Waals surface area contributed by atoms with E-state index in [0.29, 0.717) is 0 Å². The molecule has 1 aliphatic heterocycles. The highest BCUT2D eigenvalue weighted by molar-refractivity contribution is 5.82. The fourth-order valence-corrected chi connectivity index (χ4v) is 7.20. The number of hydrogen-bond donors (Lipinski definition) is 0. The standard InChI is InChI=1S/C41H62N2/c1-9-16-23-37-30(8)40(35-26-31(19-12-4)38(24-17-10-2)32(27-35)20-13-5)43(42)41(37)36-28-33(21-14-6)39(25-18-11-3)34(29-36)22-15-7/h26-29H,9-25H2,1-8H3. The number of nitrogens with zero attached hydrogens (tertiary/aromatic N) is 2. The minimum atomic E-state index is 1.00. The van der Waals surface area contributed by atoms with Crippen molar-refractivity contribution in [2.45, 2.75) is 165 Å². The normalized spacial score (nSPS) is 13.6. The summed E-state index contributed by atoms with van der Waals surface area (Å²) in [5.74, 6) is 0. The molecule has 0 bridgehead atoms. The molecule has 0 fully saturated rings. The highest BCUT2D eigenvalue weighted by atomic mass is 15.2. The molecule has 0 unspecified atom stereocenters. The molecule has 3 rings (SSSR count). The van der Waals surface area contributed by atoms with Crippen molar-refractivity contribution in [3.8, 4) is 0 Å². The van der Waals surface area contributed by atoms with Gasteiger partial charge in [0, 0.05) is 22.3 Å². The summed E-state index contributed by atoms with van der Waals surface area (Å²) in [5, 5.41) is 0. The Morgan fingerprint density at radius 1 is 0.465 bits per heavy atom. The zero-order valence-electron chi connectivity index (χ0n) is 29.2. The zero-order chi connectivity index (χ0) is 31.4. The minimum Gasteiger partial charge on any atom is -0.493 e. The number of unbranched alkanes of at least 4 members (excludes halogenated alkanes) is 3. The van der Waals surface area contributed by atoms with Crippen LogP contribution in [0.5, 0.6) is 0 Å². The van der Waals surface area contributed by atoms with Gasteiger partial charge >= 0.3 is 0 Å². The third-order valence-electron chi connectivity index (χ3n) is 9.35. The Hall–Kier alpha value is -2.48. The van der Waals surface area contributed by atoms with Crippen molar-refractivity contribution < 1.29 is 4.70 Å². The second-order valence-electron chi connectivity index (χ2n) is 13.0. The van der Waals surface area contributed by atoms with Gasteiger partial charge in [-0.1, -0.05) is 93.4 Å². The summed E-state index contributed by atoms with van der Waals surface area (Å²) in [6.07, 6.45) is 19.5. The van der Waals surface area contributed by atoms with E-state index in [4.69, 9.17) is 0 Å². The van der Waals surface area contributed by atoms with Crippen LogP contribution in [0.4, 0.5) is 0 Å². The molecular weight excluding hydrogens is 520 g/mol. The monoisotopic (exact) mass is 582 g/mol. The first-order chi connectivity index (χ1) is 20.9. The Morgan fingerprint density at radius 3 is 1.16 bits per heavy atom. The van der Waals surface area contributed by atoms with Gasteiger partial charge in [0.15, 0.2) is 0 Å². The van der Waals surface area contributed by atoms with Crippen LogP contribution in [0.2, 0.25) is 0 Å². The largest absolute Gasteiger partial charge is 0.493 e. The summed E-state index contributed by atoms with van der Waals surface area (Å²) in [5.41, 5.74) is 28.4. The van der Waals surface area contributed by atoms with Crippen LogP contribution in [0, 0.1) is 0 Å². The maximum absolute atomic E-state index is 12.2. The summed E-state index contributed by atoms with van der Waals surface area (Å²) in [7, 11) is 0. The molecule has 43 heavy (non-hydrogen) atoms. The second kappa shape index (κ2) is 17.7. The number of benzene rings is 2. The maximum atomic E-state index is 12.2. The van der Waals surface area contributed by atoms with Gasteiger partial charge < -0.3 is 5.53 Å². The lowest BCUT2D eigenvalue weighted by Crippen LogP contribution is -2.09. The first-order valence-electron chi connectivity index (χ1n) is 18.1. The van der Waals surface area contributed by atoms with Crippen molar-refractivity contribution in [3.63, 3.8) is 0 Å². The van der Waals surface area contributed by atoms with Gasteiger partial charge in [-0.15, -0.1) is 0 Å². The Labute approximate surface area is 265 Å². The molecule has 2 nitrogen and oxygen atoms in total. The number of rotatable bonds is 19. The molecule has 0 radical (unpaired) electrons. The summed E-state index contributed by atoms with van der Waals surface area (Å²) < 4.78 is 1.60. The summed E-state index contributed by atoms with van der Waals surface area (Å²) in [6, 6.07) is 9.73. The number of allylic oxidation sites excluding steroid dienone is 2. The van der Waals surface area contributed by atoms with E-state index < -0.39 is 0 Å². The van der Waals surface area contributed by atoms with Gasteiger partial charge in [-0.3, -0.25) is 0 Å². The van der Waals surface area contributed by atoms with Crippen LogP contribution >= 0.6 is 0 Å². The van der Waals surface area contributed by atoms with E-state index in [1.807, 2.05) is 0 Å². The van der Waals surface area contributed by atoms with Gasteiger partial charge in [0.2, 0.25) is 11.4 Å². The van der Waals surface area contributed by atoms with Gasteiger partial charge in [-0.2, -0.15) is 0 Å². The smallest absolute Gasteiger partial charge is 0.211 e. The van der Waals surface area contributed by atoms with Crippen LogP contribution in [0.25, 0.3) is 16.9 Å². The Balaban J connectivity index is 2.23. The lowest BCUT2D eigenvalue weighted by Gasteiger charge is -2.19. The molecule has 0 aromatic heterocycles. The van der Waals surface area contributed by atoms with Crippen LogP contribution in [0.15, 0.2) is 35.4 Å². The van der Waals surface area contributed by atoms with E-state index in [1.165, 1.54) is 83.1 Å². The predicted octanol–water partition coefficient (Wildman–Crippen LogP) is 12.6. The number of hydrogen-bond acceptors (Lipinski definition) is 0. The number of aryl methyl sites for hydroxylation is 4. The van der Waals surface area contributed by atoms with E-state index in [9.17, 15) is 5.53 Å². The average molecular weight is 583 g/mol. The first kappa shape index (κ1) is 35.0. The van der Waals surface area contributed by atoms with Crippen molar-refractivity contribution in [2.75, 3.05) is 0 Å². The van der Waals surface area contributed by atoms with E-state index in [1.54, 1.807) is 15.8 Å². The van der Waals surface area contributed by atoms with Crippen LogP contribution in [0.3, 0.4) is 0 Å². The molecule has 2 aromatic carbocycles. The SMILES string of the molecule is CCCCC1=C(c2cc(CCC)c(CCCC)c(CCC)c2)[N+](=[N-])C(c2cc(CCC)c(CCCC)c(CCC)c2)=C1C. The second-order valence-corrected chi connectivity index (χ2v) is 13.0. The zero-order valence-corrected chi connectivity index (χ0v) is 29.2. The van der Waals surface area contributed by atoms with E-state index in [2.05, 4.69) is 79.7 Å². The minimum absolute atomic E-state index is 1.00. The van der Waals surface area contributed by atoms with Crippen LogP contribution in [-0.2, 0) is 38.5 Å². The van der Waals surface area contributed by atoms with Crippen molar-refractivity contribution in [3.05, 3.63) is 85.5 Å². The van der Waals surface area contributed by atoms with Crippen molar-refractivity contribution in [2.24, 2.45) is 0 Å². The molecule has 236 valence electrons. The molecule has 2 heteroatoms. The van der Waals surface area contributed by atoms with Gasteiger partial charge in [0.1, 0.15) is 0 Å². The fourth-order valence-electron chi connectivity index (χ4n) is 7.20. The van der Waals surface area contributed by atoms with Crippen molar-refractivity contribution in [1.82, 2.24) is 0 Å². The third kappa shape index (κ3) is 8.37. The van der Waals surface area contributed by atoms with Crippen LogP contribution < -0.4 is 0 Å². The van der Waals surface area contributed by atoms with Gasteiger partial charge in [0.05, 0.1) is 0 Å². The maximum Gasteiger partial charge on any atom is 0.211 e. The van der Waals surface area contributed by atoms with E-state index in [-0.39, 0.29) is 0 Å². The van der Waals surface area contributed by atoms with E-state index in [0.717, 1.165) is 82.0 Å². The van der Waals surface area contributed by atoms with Gasteiger partial charge in [0.25, 0.3) is 0 Å². The van der Waals surface area contributed by atoms with Crippen molar-refractivity contribution in [1.29, 1.82) is 0 Å². The lowest BCUT2D eigenvalue weighted by molar-refractivity contribution is -0.345. The Kier molecular flexibility index (Phi) is 14.4. The molecule has 0 N–H and O–H groups in total.